The van der Waals surface area contributed by atoms with Gasteiger partial charge in [-0.05, 0) is 31.4 Å². The Morgan fingerprint density at radius 3 is 2.46 bits per heavy atom. The molecule has 1 aromatic rings. The van der Waals surface area contributed by atoms with Gasteiger partial charge >= 0.3 is 0 Å². The lowest BCUT2D eigenvalue weighted by Crippen LogP contribution is -2.13. The monoisotopic (exact) mass is 175 g/mol. The lowest BCUT2D eigenvalue weighted by atomic mass is 10.0. The summed E-state index contributed by atoms with van der Waals surface area (Å²) in [4.78, 5) is 0. The van der Waals surface area contributed by atoms with E-state index in [1.165, 1.54) is 24.1 Å². The Hall–Kier alpha value is -0.820. The first-order chi connectivity index (χ1) is 6.25. The summed E-state index contributed by atoms with van der Waals surface area (Å²) in [6.07, 6.45) is 1.28. The Morgan fingerprint density at radius 2 is 1.92 bits per heavy atom. The van der Waals surface area contributed by atoms with Gasteiger partial charge in [0.25, 0.3) is 0 Å². The van der Waals surface area contributed by atoms with Crippen molar-refractivity contribution in [2.24, 2.45) is 5.92 Å². The van der Waals surface area contributed by atoms with Gasteiger partial charge < -0.3 is 5.32 Å². The third-order valence-electron chi connectivity index (χ3n) is 2.83. The van der Waals surface area contributed by atoms with Crippen LogP contribution < -0.4 is 5.32 Å². The van der Waals surface area contributed by atoms with Gasteiger partial charge in [-0.3, -0.25) is 0 Å². The standard InChI is InChI=1S/C12H17N/c1-9-3-5-11(6-4-9)12-7-10(2)8-13-12/h3-6,10,12-13H,7-8H2,1-2H3/t10-,12-/m0/s1. The number of aryl methyl sites for hydroxylation is 1. The molecule has 1 aromatic carbocycles. The van der Waals surface area contributed by atoms with Crippen molar-refractivity contribution in [2.75, 3.05) is 6.54 Å². The second kappa shape index (κ2) is 3.51. The first-order valence-corrected chi connectivity index (χ1v) is 5.05. The molecule has 13 heavy (non-hydrogen) atoms. The van der Waals surface area contributed by atoms with Crippen molar-refractivity contribution in [3.63, 3.8) is 0 Å². The summed E-state index contributed by atoms with van der Waals surface area (Å²) in [6.45, 7) is 5.61. The van der Waals surface area contributed by atoms with Crippen LogP contribution >= 0.6 is 0 Å². The summed E-state index contributed by atoms with van der Waals surface area (Å²) in [5.74, 6) is 0.825. The third kappa shape index (κ3) is 1.92. The zero-order valence-electron chi connectivity index (χ0n) is 8.38. The summed E-state index contributed by atoms with van der Waals surface area (Å²) >= 11 is 0. The molecule has 0 saturated carbocycles. The molecule has 0 spiro atoms. The summed E-state index contributed by atoms with van der Waals surface area (Å²) in [6, 6.07) is 9.46. The Labute approximate surface area is 80.2 Å². The average Bonchev–Trinajstić information content (AvgIpc) is 2.53. The summed E-state index contributed by atoms with van der Waals surface area (Å²) < 4.78 is 0. The smallest absolute Gasteiger partial charge is 0.0323 e. The van der Waals surface area contributed by atoms with E-state index in [0.717, 1.165) is 5.92 Å². The Balaban J connectivity index is 2.13. The summed E-state index contributed by atoms with van der Waals surface area (Å²) in [5.41, 5.74) is 2.78. The molecular weight excluding hydrogens is 158 g/mol. The van der Waals surface area contributed by atoms with Gasteiger partial charge in [0.2, 0.25) is 0 Å². The lowest BCUT2D eigenvalue weighted by molar-refractivity contribution is 0.612. The maximum absolute atomic E-state index is 3.54. The molecule has 0 radical (unpaired) electrons. The zero-order chi connectivity index (χ0) is 9.26. The predicted octanol–water partition coefficient (Wildman–Crippen LogP) is 2.67. The predicted molar refractivity (Wildman–Crippen MR) is 55.7 cm³/mol. The second-order valence-corrected chi connectivity index (χ2v) is 4.21. The minimum absolute atomic E-state index is 0.593. The molecule has 1 N–H and O–H groups in total. The molecule has 0 amide bonds. The largest absolute Gasteiger partial charge is 0.310 e. The van der Waals surface area contributed by atoms with Gasteiger partial charge in [0.05, 0.1) is 0 Å². The normalized spacial score (nSPS) is 27.8. The summed E-state index contributed by atoms with van der Waals surface area (Å²) in [5, 5.41) is 3.54. The molecule has 70 valence electrons. The van der Waals surface area contributed by atoms with Crippen LogP contribution in [0.4, 0.5) is 0 Å². The average molecular weight is 175 g/mol. The van der Waals surface area contributed by atoms with Crippen LogP contribution in [0.25, 0.3) is 0 Å². The minimum atomic E-state index is 0.593. The van der Waals surface area contributed by atoms with Gasteiger partial charge in [-0.2, -0.15) is 0 Å². The Bertz CT molecular complexity index is 276. The SMILES string of the molecule is Cc1ccc([C@@H]2C[C@H](C)CN2)cc1. The van der Waals surface area contributed by atoms with Crippen molar-refractivity contribution in [3.05, 3.63) is 35.4 Å². The Morgan fingerprint density at radius 1 is 1.23 bits per heavy atom. The van der Waals surface area contributed by atoms with Crippen molar-refractivity contribution < 1.29 is 0 Å². The van der Waals surface area contributed by atoms with Crippen molar-refractivity contribution >= 4 is 0 Å². The highest BCUT2D eigenvalue weighted by atomic mass is 14.9. The fourth-order valence-electron chi connectivity index (χ4n) is 1.97. The van der Waals surface area contributed by atoms with E-state index in [4.69, 9.17) is 0 Å². The van der Waals surface area contributed by atoms with Gasteiger partial charge in [0, 0.05) is 6.04 Å². The highest BCUT2D eigenvalue weighted by molar-refractivity contribution is 5.24. The lowest BCUT2D eigenvalue weighted by Gasteiger charge is -2.10. The second-order valence-electron chi connectivity index (χ2n) is 4.21. The molecule has 2 rings (SSSR count). The van der Waals surface area contributed by atoms with Crippen molar-refractivity contribution in [3.8, 4) is 0 Å². The minimum Gasteiger partial charge on any atom is -0.310 e. The number of benzene rings is 1. The molecule has 1 saturated heterocycles. The van der Waals surface area contributed by atoms with E-state index in [1.807, 2.05) is 0 Å². The molecular formula is C12H17N. The molecule has 2 atom stereocenters. The molecule has 1 heteroatoms. The van der Waals surface area contributed by atoms with Crippen LogP contribution in [-0.4, -0.2) is 6.54 Å². The molecule has 1 aliphatic rings. The van der Waals surface area contributed by atoms with E-state index < -0.39 is 0 Å². The molecule has 0 aliphatic carbocycles. The maximum Gasteiger partial charge on any atom is 0.0323 e. The van der Waals surface area contributed by atoms with E-state index in [0.29, 0.717) is 6.04 Å². The van der Waals surface area contributed by atoms with E-state index >= 15 is 0 Å². The molecule has 1 heterocycles. The van der Waals surface area contributed by atoms with Crippen molar-refractivity contribution in [2.45, 2.75) is 26.3 Å². The van der Waals surface area contributed by atoms with E-state index in [-0.39, 0.29) is 0 Å². The topological polar surface area (TPSA) is 12.0 Å². The number of nitrogens with one attached hydrogen (secondary N) is 1. The fraction of sp³-hybridized carbons (Fsp3) is 0.500. The van der Waals surface area contributed by atoms with E-state index in [1.54, 1.807) is 0 Å². The molecule has 0 aromatic heterocycles. The van der Waals surface area contributed by atoms with Crippen molar-refractivity contribution in [1.29, 1.82) is 0 Å². The first kappa shape index (κ1) is 8.76. The highest BCUT2D eigenvalue weighted by Gasteiger charge is 2.21. The number of rotatable bonds is 1. The first-order valence-electron chi connectivity index (χ1n) is 5.05. The van der Waals surface area contributed by atoms with E-state index in [2.05, 4.69) is 43.4 Å². The van der Waals surface area contributed by atoms with Gasteiger partial charge in [0.1, 0.15) is 0 Å². The van der Waals surface area contributed by atoms with Gasteiger partial charge in [-0.1, -0.05) is 36.8 Å². The van der Waals surface area contributed by atoms with Crippen LogP contribution in [0.1, 0.15) is 30.5 Å². The fourth-order valence-corrected chi connectivity index (χ4v) is 1.97. The Kier molecular flexibility index (Phi) is 2.36. The van der Waals surface area contributed by atoms with Crippen molar-refractivity contribution in [1.82, 2.24) is 5.32 Å². The molecule has 1 fully saturated rings. The molecule has 1 nitrogen and oxygen atoms in total. The van der Waals surface area contributed by atoms with Crippen LogP contribution in [0.2, 0.25) is 0 Å². The zero-order valence-corrected chi connectivity index (χ0v) is 8.38. The number of hydrogen-bond donors (Lipinski definition) is 1. The maximum atomic E-state index is 3.54. The van der Waals surface area contributed by atoms with Gasteiger partial charge in [-0.25, -0.2) is 0 Å². The molecule has 0 bridgehead atoms. The molecule has 0 unspecified atom stereocenters. The van der Waals surface area contributed by atoms with E-state index in [9.17, 15) is 0 Å². The highest BCUT2D eigenvalue weighted by Crippen LogP contribution is 2.26. The van der Waals surface area contributed by atoms with Gasteiger partial charge in [-0.15, -0.1) is 0 Å². The van der Waals surface area contributed by atoms with Crippen LogP contribution in [0.15, 0.2) is 24.3 Å². The van der Waals surface area contributed by atoms with Crippen LogP contribution in [0, 0.1) is 12.8 Å². The quantitative estimate of drug-likeness (QED) is 0.692. The van der Waals surface area contributed by atoms with Crippen LogP contribution in [0.3, 0.4) is 0 Å². The van der Waals surface area contributed by atoms with Crippen LogP contribution in [-0.2, 0) is 0 Å². The van der Waals surface area contributed by atoms with Crippen LogP contribution in [0.5, 0.6) is 0 Å². The van der Waals surface area contributed by atoms with Gasteiger partial charge in [0.15, 0.2) is 0 Å². The summed E-state index contributed by atoms with van der Waals surface area (Å²) in [7, 11) is 0. The third-order valence-corrected chi connectivity index (χ3v) is 2.83. The molecule has 1 aliphatic heterocycles. The number of hydrogen-bond acceptors (Lipinski definition) is 1.